The zero-order valence-electron chi connectivity index (χ0n) is 19.5. The lowest BCUT2D eigenvalue weighted by molar-refractivity contribution is -0.633. The summed E-state index contributed by atoms with van der Waals surface area (Å²) in [4.78, 5) is 0. The zero-order valence-corrected chi connectivity index (χ0v) is 19.5. The fraction of sp³-hybridized carbons (Fsp3) is 0.367. The molecule has 1 aliphatic heterocycles. The zero-order chi connectivity index (χ0) is 21.7. The van der Waals surface area contributed by atoms with Gasteiger partial charge in [-0.15, -0.1) is 0 Å². The molecule has 1 aromatic heterocycles. The standard InChI is InChI=1S/C30H30NO/c1-16-11-21-13-17(2)18(3)26-27(21)25(12-16)32-30-28(23-15-19-9-10-20(23)14-19)22-7-5-6-8-24(22)31(4)29(26)30/h5-8,11-13,19-20,23H,9-10,14-15H2,1-4H3/q+1. The summed E-state index contributed by atoms with van der Waals surface area (Å²) in [7, 11) is 2.22. The molecule has 7 rings (SSSR count). The van der Waals surface area contributed by atoms with Gasteiger partial charge in [0.25, 0.3) is 5.69 Å². The normalized spacial score (nSPS) is 23.1. The molecule has 3 aromatic carbocycles. The van der Waals surface area contributed by atoms with E-state index in [0.717, 1.165) is 23.3 Å². The third kappa shape index (κ3) is 2.33. The summed E-state index contributed by atoms with van der Waals surface area (Å²) in [5.41, 5.74) is 9.41. The SMILES string of the molecule is Cc1cc2c3c(c(C)c(C)cc3c1)-c1c(c(C3CC4CCC3C4)c3ccccc3[n+]1C)O2. The molecule has 0 spiro atoms. The quantitative estimate of drug-likeness (QED) is 0.257. The molecular weight excluding hydrogens is 390 g/mol. The second kappa shape index (κ2) is 6.34. The Bertz CT molecular complexity index is 1460. The van der Waals surface area contributed by atoms with Gasteiger partial charge in [0, 0.05) is 17.0 Å². The summed E-state index contributed by atoms with van der Waals surface area (Å²) in [5.74, 6) is 4.47. The minimum Gasteiger partial charge on any atom is -0.449 e. The van der Waals surface area contributed by atoms with Gasteiger partial charge < -0.3 is 4.74 Å². The van der Waals surface area contributed by atoms with Crippen molar-refractivity contribution in [3.63, 3.8) is 0 Å². The van der Waals surface area contributed by atoms with Crippen molar-refractivity contribution < 1.29 is 9.30 Å². The lowest BCUT2D eigenvalue weighted by Gasteiger charge is -2.29. The summed E-state index contributed by atoms with van der Waals surface area (Å²) in [6.07, 6.45) is 5.52. The van der Waals surface area contributed by atoms with Crippen molar-refractivity contribution in [2.45, 2.75) is 52.4 Å². The fourth-order valence-electron chi connectivity index (χ4n) is 7.24. The second-order valence-corrected chi connectivity index (χ2v) is 10.6. The maximum Gasteiger partial charge on any atom is 0.257 e. The predicted octanol–water partition coefficient (Wildman–Crippen LogP) is 7.42. The Morgan fingerprint density at radius 2 is 1.81 bits per heavy atom. The van der Waals surface area contributed by atoms with E-state index in [-0.39, 0.29) is 0 Å². The molecule has 3 unspecified atom stereocenters. The highest BCUT2D eigenvalue weighted by Gasteiger charge is 2.45. The summed E-state index contributed by atoms with van der Waals surface area (Å²) in [6, 6.07) is 15.9. The van der Waals surface area contributed by atoms with Crippen molar-refractivity contribution >= 4 is 21.7 Å². The Kier molecular flexibility index (Phi) is 3.70. The third-order valence-electron chi connectivity index (χ3n) is 8.77. The molecule has 0 amide bonds. The third-order valence-corrected chi connectivity index (χ3v) is 8.77. The topological polar surface area (TPSA) is 13.1 Å². The number of aryl methyl sites for hydroxylation is 3. The lowest BCUT2D eigenvalue weighted by atomic mass is 9.79. The van der Waals surface area contributed by atoms with Crippen LogP contribution in [0.2, 0.25) is 0 Å². The highest BCUT2D eigenvalue weighted by Crippen LogP contribution is 2.58. The van der Waals surface area contributed by atoms with Crippen LogP contribution < -0.4 is 9.30 Å². The number of benzene rings is 3. The molecule has 0 saturated heterocycles. The van der Waals surface area contributed by atoms with Gasteiger partial charge in [0.2, 0.25) is 11.3 Å². The highest BCUT2D eigenvalue weighted by molar-refractivity contribution is 6.06. The van der Waals surface area contributed by atoms with E-state index in [1.807, 2.05) is 0 Å². The largest absolute Gasteiger partial charge is 0.449 e. The van der Waals surface area contributed by atoms with Crippen LogP contribution >= 0.6 is 0 Å². The van der Waals surface area contributed by atoms with Crippen LogP contribution in [0.4, 0.5) is 0 Å². The van der Waals surface area contributed by atoms with Crippen molar-refractivity contribution in [1.29, 1.82) is 0 Å². The number of aromatic nitrogens is 1. The summed E-state index contributed by atoms with van der Waals surface area (Å²) < 4.78 is 9.34. The first kappa shape index (κ1) is 18.7. The van der Waals surface area contributed by atoms with Crippen LogP contribution in [0.1, 0.15) is 53.9 Å². The van der Waals surface area contributed by atoms with Crippen LogP contribution in [0.15, 0.2) is 42.5 Å². The molecule has 2 heterocycles. The number of nitrogens with zero attached hydrogens (tertiary/aromatic N) is 1. The van der Waals surface area contributed by atoms with E-state index in [2.05, 4.69) is 74.9 Å². The maximum atomic E-state index is 6.94. The van der Waals surface area contributed by atoms with E-state index in [0.29, 0.717) is 5.92 Å². The van der Waals surface area contributed by atoms with Gasteiger partial charge in [0.05, 0.1) is 10.9 Å². The first-order chi connectivity index (χ1) is 15.5. The molecule has 3 aliphatic rings. The van der Waals surface area contributed by atoms with Gasteiger partial charge in [-0.1, -0.05) is 30.7 Å². The smallest absolute Gasteiger partial charge is 0.257 e. The minimum absolute atomic E-state index is 0.612. The Balaban J connectivity index is 1.65. The van der Waals surface area contributed by atoms with Crippen molar-refractivity contribution in [3.05, 3.63) is 64.7 Å². The highest BCUT2D eigenvalue weighted by atomic mass is 16.5. The molecule has 160 valence electrons. The van der Waals surface area contributed by atoms with Crippen LogP contribution in [0.3, 0.4) is 0 Å². The maximum absolute atomic E-state index is 6.94. The lowest BCUT2D eigenvalue weighted by Crippen LogP contribution is -2.35. The monoisotopic (exact) mass is 420 g/mol. The van der Waals surface area contributed by atoms with Gasteiger partial charge in [-0.25, -0.2) is 0 Å². The number of fused-ring (bicyclic) bond motifs is 5. The molecular formula is C30H30NO+. The predicted molar refractivity (Wildman–Crippen MR) is 131 cm³/mol. The second-order valence-electron chi connectivity index (χ2n) is 10.6. The van der Waals surface area contributed by atoms with E-state index in [1.165, 1.54) is 80.9 Å². The number of pyridine rings is 1. The van der Waals surface area contributed by atoms with Gasteiger partial charge in [0.15, 0.2) is 0 Å². The van der Waals surface area contributed by atoms with E-state index in [4.69, 9.17) is 4.74 Å². The van der Waals surface area contributed by atoms with Crippen molar-refractivity contribution in [3.8, 4) is 22.8 Å². The molecule has 2 saturated carbocycles. The van der Waals surface area contributed by atoms with Crippen molar-refractivity contribution in [2.75, 3.05) is 0 Å². The van der Waals surface area contributed by atoms with Gasteiger partial charge in [0.1, 0.15) is 12.8 Å². The molecule has 2 heteroatoms. The minimum atomic E-state index is 0.612. The molecule has 0 radical (unpaired) electrons. The molecule has 4 aromatic rings. The van der Waals surface area contributed by atoms with Crippen molar-refractivity contribution in [1.82, 2.24) is 0 Å². The van der Waals surface area contributed by atoms with Gasteiger partial charge in [-0.2, -0.15) is 4.57 Å². The van der Waals surface area contributed by atoms with E-state index in [1.54, 1.807) is 0 Å². The van der Waals surface area contributed by atoms with Crippen molar-refractivity contribution in [2.24, 2.45) is 18.9 Å². The van der Waals surface area contributed by atoms with Crippen LogP contribution in [0, 0.1) is 32.6 Å². The Morgan fingerprint density at radius 1 is 0.969 bits per heavy atom. The molecule has 2 bridgehead atoms. The number of hydrogen-bond donors (Lipinski definition) is 0. The molecule has 2 fully saturated rings. The molecule has 0 N–H and O–H groups in total. The van der Waals surface area contributed by atoms with E-state index >= 15 is 0 Å². The molecule has 2 aliphatic carbocycles. The average molecular weight is 421 g/mol. The average Bonchev–Trinajstić information content (AvgIpc) is 3.40. The fourth-order valence-corrected chi connectivity index (χ4v) is 7.24. The van der Waals surface area contributed by atoms with Crippen LogP contribution in [0.25, 0.3) is 32.9 Å². The Hall–Kier alpha value is -2.87. The molecule has 2 nitrogen and oxygen atoms in total. The van der Waals surface area contributed by atoms with Crippen LogP contribution in [-0.4, -0.2) is 0 Å². The van der Waals surface area contributed by atoms with Crippen LogP contribution in [-0.2, 0) is 7.05 Å². The van der Waals surface area contributed by atoms with Gasteiger partial charge in [-0.3, -0.25) is 0 Å². The number of hydrogen-bond acceptors (Lipinski definition) is 1. The summed E-state index contributed by atoms with van der Waals surface area (Å²) in [5, 5.41) is 3.94. The Labute approximate surface area is 189 Å². The van der Waals surface area contributed by atoms with Crippen LogP contribution in [0.5, 0.6) is 11.5 Å². The van der Waals surface area contributed by atoms with Gasteiger partial charge >= 0.3 is 0 Å². The van der Waals surface area contributed by atoms with E-state index in [9.17, 15) is 0 Å². The molecule has 32 heavy (non-hydrogen) atoms. The number of para-hydroxylation sites is 1. The van der Waals surface area contributed by atoms with E-state index < -0.39 is 0 Å². The first-order valence-corrected chi connectivity index (χ1v) is 12.2. The number of ether oxygens (including phenoxy) is 1. The number of rotatable bonds is 1. The Morgan fingerprint density at radius 3 is 2.59 bits per heavy atom. The summed E-state index contributed by atoms with van der Waals surface area (Å²) in [6.45, 7) is 6.72. The molecule has 3 atom stereocenters. The summed E-state index contributed by atoms with van der Waals surface area (Å²) >= 11 is 0. The van der Waals surface area contributed by atoms with Gasteiger partial charge in [-0.05, 0) is 92.0 Å². The first-order valence-electron chi connectivity index (χ1n) is 12.2.